The van der Waals surface area contributed by atoms with E-state index in [1.807, 2.05) is 0 Å². The van der Waals surface area contributed by atoms with E-state index in [1.54, 1.807) is 0 Å². The van der Waals surface area contributed by atoms with Crippen LogP contribution in [0.25, 0.3) is 10.4 Å². The van der Waals surface area contributed by atoms with Gasteiger partial charge in [-0.25, -0.2) is 0 Å². The molecule has 0 spiro atoms. The summed E-state index contributed by atoms with van der Waals surface area (Å²) in [5, 5.41) is 3.26. The fraction of sp³-hybridized carbons (Fsp3) is 1.00. The minimum atomic E-state index is 0.171. The quantitative estimate of drug-likeness (QED) is 0.239. The van der Waals surface area contributed by atoms with Gasteiger partial charge in [0.15, 0.2) is 0 Å². The second-order valence-corrected chi connectivity index (χ2v) is 2.68. The largest absolute Gasteiger partial charge is 0.375 e. The van der Waals surface area contributed by atoms with Crippen LogP contribution in [0.5, 0.6) is 0 Å². The van der Waals surface area contributed by atoms with Crippen LogP contribution in [0.3, 0.4) is 0 Å². The summed E-state index contributed by atoms with van der Waals surface area (Å²) in [4.78, 5) is 2.58. The molecule has 0 unspecified atom stereocenters. The van der Waals surface area contributed by atoms with Crippen LogP contribution in [0.1, 0.15) is 39.0 Å². The number of hydrogen-bond donors (Lipinski definition) is 0. The van der Waals surface area contributed by atoms with Crippen LogP contribution in [0.15, 0.2) is 5.11 Å². The van der Waals surface area contributed by atoms with Gasteiger partial charge in [-0.15, -0.1) is 0 Å². The highest BCUT2D eigenvalue weighted by molar-refractivity contribution is 4.42. The lowest BCUT2D eigenvalue weighted by atomic mass is 10.2. The van der Waals surface area contributed by atoms with E-state index in [4.69, 9.17) is 10.3 Å². The van der Waals surface area contributed by atoms with Crippen molar-refractivity contribution in [3.63, 3.8) is 0 Å². The van der Waals surface area contributed by atoms with E-state index in [0.717, 1.165) is 6.42 Å². The van der Waals surface area contributed by atoms with E-state index in [0.29, 0.717) is 6.61 Å². The average Bonchev–Trinajstić information content (AvgIpc) is 2.10. The Morgan fingerprint density at radius 3 is 2.67 bits per heavy atom. The Balaban J connectivity index is 2.86. The number of ether oxygens (including phenoxy) is 1. The lowest BCUT2D eigenvalue weighted by Crippen LogP contribution is -1.93. The van der Waals surface area contributed by atoms with Crippen LogP contribution in [0.4, 0.5) is 0 Å². The molecule has 0 saturated heterocycles. The second kappa shape index (κ2) is 10.3. The predicted molar refractivity (Wildman–Crippen MR) is 48.7 cm³/mol. The first-order valence-corrected chi connectivity index (χ1v) is 4.50. The van der Waals surface area contributed by atoms with Crippen molar-refractivity contribution in [2.75, 3.05) is 13.3 Å². The molecular formula is C8H17N3O. The van der Waals surface area contributed by atoms with E-state index in [1.165, 1.54) is 25.7 Å². The standard InChI is InChI=1S/C8H17N3O/c1-2-3-4-5-6-7-12-8-10-11-9/h2-8H2,1H3. The first-order valence-electron chi connectivity index (χ1n) is 4.50. The van der Waals surface area contributed by atoms with Gasteiger partial charge in [-0.05, 0) is 12.0 Å². The molecule has 0 rings (SSSR count). The fourth-order valence-corrected chi connectivity index (χ4v) is 0.939. The lowest BCUT2D eigenvalue weighted by molar-refractivity contribution is 0.136. The molecule has 0 atom stereocenters. The molecule has 4 nitrogen and oxygen atoms in total. The average molecular weight is 171 g/mol. The Kier molecular flexibility index (Phi) is 9.65. The SMILES string of the molecule is CCCCCCCOCN=[N+]=[N-]. The Morgan fingerprint density at radius 2 is 2.00 bits per heavy atom. The van der Waals surface area contributed by atoms with Crippen LogP contribution in [0.2, 0.25) is 0 Å². The molecule has 0 saturated carbocycles. The van der Waals surface area contributed by atoms with Gasteiger partial charge in [0, 0.05) is 11.5 Å². The zero-order valence-corrected chi connectivity index (χ0v) is 7.70. The van der Waals surface area contributed by atoms with E-state index in [2.05, 4.69) is 16.9 Å². The molecule has 0 aliphatic heterocycles. The van der Waals surface area contributed by atoms with Gasteiger partial charge < -0.3 is 4.74 Å². The van der Waals surface area contributed by atoms with Crippen LogP contribution in [0, 0.1) is 0 Å². The van der Waals surface area contributed by atoms with Gasteiger partial charge >= 0.3 is 0 Å². The Bertz CT molecular complexity index is 132. The van der Waals surface area contributed by atoms with Gasteiger partial charge in [-0.1, -0.05) is 37.7 Å². The van der Waals surface area contributed by atoms with Crippen LogP contribution in [-0.2, 0) is 4.74 Å². The van der Waals surface area contributed by atoms with Gasteiger partial charge in [0.25, 0.3) is 0 Å². The minimum Gasteiger partial charge on any atom is -0.375 e. The molecule has 0 aliphatic carbocycles. The normalized spacial score (nSPS) is 9.42. The van der Waals surface area contributed by atoms with Crippen molar-refractivity contribution in [1.82, 2.24) is 0 Å². The summed E-state index contributed by atoms with van der Waals surface area (Å²) in [5.41, 5.74) is 7.92. The van der Waals surface area contributed by atoms with Crippen molar-refractivity contribution in [2.45, 2.75) is 39.0 Å². The maximum absolute atomic E-state index is 7.92. The summed E-state index contributed by atoms with van der Waals surface area (Å²) >= 11 is 0. The maximum atomic E-state index is 7.92. The van der Waals surface area contributed by atoms with E-state index < -0.39 is 0 Å². The number of rotatable bonds is 8. The predicted octanol–water partition coefficient (Wildman–Crippen LogP) is 3.24. The highest BCUT2D eigenvalue weighted by Crippen LogP contribution is 2.01. The molecule has 0 bridgehead atoms. The van der Waals surface area contributed by atoms with E-state index in [9.17, 15) is 0 Å². The van der Waals surface area contributed by atoms with E-state index >= 15 is 0 Å². The molecule has 0 aromatic rings. The Hall–Kier alpha value is -0.730. The zero-order chi connectivity index (χ0) is 9.07. The molecule has 0 heterocycles. The van der Waals surface area contributed by atoms with Crippen molar-refractivity contribution in [3.05, 3.63) is 10.4 Å². The van der Waals surface area contributed by atoms with Crippen molar-refractivity contribution >= 4 is 0 Å². The van der Waals surface area contributed by atoms with Crippen LogP contribution < -0.4 is 0 Å². The minimum absolute atomic E-state index is 0.171. The third kappa shape index (κ3) is 9.27. The Labute approximate surface area is 73.5 Å². The summed E-state index contributed by atoms with van der Waals surface area (Å²) in [6.07, 6.45) is 6.13. The summed E-state index contributed by atoms with van der Waals surface area (Å²) < 4.78 is 5.03. The third-order valence-corrected chi connectivity index (χ3v) is 1.60. The second-order valence-electron chi connectivity index (χ2n) is 2.68. The van der Waals surface area contributed by atoms with Gasteiger partial charge in [-0.3, -0.25) is 0 Å². The van der Waals surface area contributed by atoms with Gasteiger partial charge in [0.1, 0.15) is 6.73 Å². The number of nitrogens with zero attached hydrogens (tertiary/aromatic N) is 3. The van der Waals surface area contributed by atoms with Crippen molar-refractivity contribution in [3.8, 4) is 0 Å². The summed E-state index contributed by atoms with van der Waals surface area (Å²) in [6, 6.07) is 0. The summed E-state index contributed by atoms with van der Waals surface area (Å²) in [5.74, 6) is 0. The van der Waals surface area contributed by atoms with Crippen LogP contribution >= 0.6 is 0 Å². The molecule has 0 N–H and O–H groups in total. The number of unbranched alkanes of at least 4 members (excludes halogenated alkanes) is 4. The van der Waals surface area contributed by atoms with E-state index in [-0.39, 0.29) is 6.73 Å². The molecule has 12 heavy (non-hydrogen) atoms. The molecule has 0 aromatic heterocycles. The van der Waals surface area contributed by atoms with Gasteiger partial charge in [-0.2, -0.15) is 0 Å². The third-order valence-electron chi connectivity index (χ3n) is 1.60. The number of hydrogen-bond acceptors (Lipinski definition) is 2. The van der Waals surface area contributed by atoms with Crippen LogP contribution in [-0.4, -0.2) is 13.3 Å². The first-order chi connectivity index (χ1) is 5.91. The van der Waals surface area contributed by atoms with Crippen molar-refractivity contribution in [2.24, 2.45) is 5.11 Å². The monoisotopic (exact) mass is 171 g/mol. The molecule has 4 heteroatoms. The topological polar surface area (TPSA) is 58.0 Å². The first kappa shape index (κ1) is 11.3. The summed E-state index contributed by atoms with van der Waals surface area (Å²) in [6.45, 7) is 3.07. The molecule has 0 aliphatic rings. The molecule has 70 valence electrons. The Morgan fingerprint density at radius 1 is 1.25 bits per heavy atom. The molecule has 0 fully saturated rings. The number of azide groups is 1. The van der Waals surface area contributed by atoms with Crippen molar-refractivity contribution < 1.29 is 4.74 Å². The highest BCUT2D eigenvalue weighted by Gasteiger charge is 1.88. The van der Waals surface area contributed by atoms with Gasteiger partial charge in [0.05, 0.1) is 0 Å². The summed E-state index contributed by atoms with van der Waals surface area (Å²) in [7, 11) is 0. The molecular weight excluding hydrogens is 154 g/mol. The lowest BCUT2D eigenvalue weighted by Gasteiger charge is -1.99. The highest BCUT2D eigenvalue weighted by atomic mass is 16.5. The fourth-order valence-electron chi connectivity index (χ4n) is 0.939. The molecule has 0 radical (unpaired) electrons. The molecule has 0 amide bonds. The van der Waals surface area contributed by atoms with Gasteiger partial charge in [0.2, 0.25) is 0 Å². The smallest absolute Gasteiger partial charge is 0.125 e. The maximum Gasteiger partial charge on any atom is 0.125 e. The zero-order valence-electron chi connectivity index (χ0n) is 7.70. The van der Waals surface area contributed by atoms with Crippen molar-refractivity contribution in [1.29, 1.82) is 0 Å². The molecule has 0 aromatic carbocycles.